The maximum absolute atomic E-state index is 12.8. The molecule has 1 aliphatic heterocycles. The smallest absolute Gasteiger partial charge is 0.265 e. The Morgan fingerprint density at radius 3 is 2.73 bits per heavy atom. The van der Waals surface area contributed by atoms with Crippen LogP contribution in [0.3, 0.4) is 0 Å². The number of thiazole rings is 1. The molecule has 0 saturated carbocycles. The van der Waals surface area contributed by atoms with E-state index in [2.05, 4.69) is 54.1 Å². The first-order valence-corrected chi connectivity index (χ1v) is 10.2. The Bertz CT molecular complexity index is 741. The first-order valence-electron chi connectivity index (χ1n) is 9.43. The molecule has 26 heavy (non-hydrogen) atoms. The lowest BCUT2D eigenvalue weighted by atomic mass is 10.1. The number of hydrogen-bond donors (Lipinski definition) is 0. The minimum atomic E-state index is 0.119. The predicted molar refractivity (Wildman–Crippen MR) is 108 cm³/mol. The molecule has 0 spiro atoms. The average Bonchev–Trinajstić information content (AvgIpc) is 3.21. The standard InChI is InChI=1S/C21H29N3OS/c1-15(2)20-22-16(3)19(26-20)21(25)23(4)12-18-10-11-24(14-18)13-17-8-6-5-7-9-17/h5-9,15,18H,10-14H2,1-4H3/t18-/m0/s1. The highest BCUT2D eigenvalue weighted by molar-refractivity contribution is 7.13. The highest BCUT2D eigenvalue weighted by Gasteiger charge is 2.27. The zero-order valence-corrected chi connectivity index (χ0v) is 17.1. The summed E-state index contributed by atoms with van der Waals surface area (Å²) >= 11 is 1.55. The molecule has 0 unspecified atom stereocenters. The molecule has 0 bridgehead atoms. The van der Waals surface area contributed by atoms with Gasteiger partial charge >= 0.3 is 0 Å². The quantitative estimate of drug-likeness (QED) is 0.765. The molecule has 5 heteroatoms. The van der Waals surface area contributed by atoms with Gasteiger partial charge in [0.2, 0.25) is 0 Å². The van der Waals surface area contributed by atoms with Gasteiger partial charge in [-0.1, -0.05) is 44.2 Å². The van der Waals surface area contributed by atoms with Gasteiger partial charge in [0.05, 0.1) is 10.7 Å². The summed E-state index contributed by atoms with van der Waals surface area (Å²) in [7, 11) is 1.93. The first-order chi connectivity index (χ1) is 12.4. The number of likely N-dealkylation sites (tertiary alicyclic amines) is 1. The predicted octanol–water partition coefficient (Wildman–Crippen LogP) is 4.17. The molecule has 1 aromatic carbocycles. The van der Waals surface area contributed by atoms with Gasteiger partial charge in [-0.15, -0.1) is 11.3 Å². The van der Waals surface area contributed by atoms with Crippen molar-refractivity contribution in [3.05, 3.63) is 51.5 Å². The van der Waals surface area contributed by atoms with Crippen molar-refractivity contribution in [1.82, 2.24) is 14.8 Å². The van der Waals surface area contributed by atoms with Gasteiger partial charge < -0.3 is 4.90 Å². The number of aromatic nitrogens is 1. The van der Waals surface area contributed by atoms with Gasteiger partial charge in [-0.3, -0.25) is 9.69 Å². The van der Waals surface area contributed by atoms with Crippen molar-refractivity contribution in [2.24, 2.45) is 5.92 Å². The monoisotopic (exact) mass is 371 g/mol. The molecule has 0 aliphatic carbocycles. The molecular weight excluding hydrogens is 342 g/mol. The van der Waals surface area contributed by atoms with Crippen LogP contribution in [0.5, 0.6) is 0 Å². The molecule has 140 valence electrons. The van der Waals surface area contributed by atoms with Crippen LogP contribution >= 0.6 is 11.3 Å². The van der Waals surface area contributed by atoms with E-state index in [1.165, 1.54) is 5.56 Å². The number of carbonyl (C=O) groups is 1. The average molecular weight is 372 g/mol. The van der Waals surface area contributed by atoms with E-state index in [1.807, 2.05) is 18.9 Å². The van der Waals surface area contributed by atoms with Gasteiger partial charge in [0.15, 0.2) is 0 Å². The summed E-state index contributed by atoms with van der Waals surface area (Å²) < 4.78 is 0. The summed E-state index contributed by atoms with van der Waals surface area (Å²) in [6.45, 7) is 10.2. The lowest BCUT2D eigenvalue weighted by molar-refractivity contribution is 0.0777. The Morgan fingerprint density at radius 2 is 2.08 bits per heavy atom. The zero-order chi connectivity index (χ0) is 18.7. The number of nitrogens with zero attached hydrogens (tertiary/aromatic N) is 3. The van der Waals surface area contributed by atoms with Crippen LogP contribution in [0.4, 0.5) is 0 Å². The maximum atomic E-state index is 12.8. The molecule has 1 aromatic heterocycles. The summed E-state index contributed by atoms with van der Waals surface area (Å²) in [5.41, 5.74) is 2.23. The fourth-order valence-corrected chi connectivity index (χ4v) is 4.62. The summed E-state index contributed by atoms with van der Waals surface area (Å²) in [4.78, 5) is 22.6. The Kier molecular flexibility index (Phi) is 6.09. The Morgan fingerprint density at radius 1 is 1.35 bits per heavy atom. The Labute approximate surface area is 160 Å². The van der Waals surface area contributed by atoms with Crippen LogP contribution in [0.1, 0.15) is 52.1 Å². The molecule has 2 aromatic rings. The lowest BCUT2D eigenvalue weighted by Crippen LogP contribution is -2.33. The van der Waals surface area contributed by atoms with E-state index in [9.17, 15) is 4.79 Å². The molecule has 0 radical (unpaired) electrons. The van der Waals surface area contributed by atoms with Gasteiger partial charge in [0.25, 0.3) is 5.91 Å². The van der Waals surface area contributed by atoms with E-state index in [1.54, 1.807) is 11.3 Å². The fraction of sp³-hybridized carbons (Fsp3) is 0.524. The van der Waals surface area contributed by atoms with Crippen molar-refractivity contribution < 1.29 is 4.79 Å². The van der Waals surface area contributed by atoms with Crippen molar-refractivity contribution in [2.75, 3.05) is 26.7 Å². The van der Waals surface area contributed by atoms with E-state index >= 15 is 0 Å². The number of carbonyl (C=O) groups excluding carboxylic acids is 1. The fourth-order valence-electron chi connectivity index (χ4n) is 3.55. The lowest BCUT2D eigenvalue weighted by Gasteiger charge is -2.21. The second-order valence-corrected chi connectivity index (χ2v) is 8.71. The number of benzene rings is 1. The van der Waals surface area contributed by atoms with Crippen molar-refractivity contribution in [3.63, 3.8) is 0 Å². The zero-order valence-electron chi connectivity index (χ0n) is 16.2. The van der Waals surface area contributed by atoms with Crippen molar-refractivity contribution in [2.45, 2.75) is 39.7 Å². The van der Waals surface area contributed by atoms with Crippen LogP contribution in [0.25, 0.3) is 0 Å². The minimum Gasteiger partial charge on any atom is -0.341 e. The van der Waals surface area contributed by atoms with Gasteiger partial charge in [-0.2, -0.15) is 0 Å². The Balaban J connectivity index is 1.55. The summed E-state index contributed by atoms with van der Waals surface area (Å²) in [5.74, 6) is 1.03. The second kappa shape index (κ2) is 8.31. The number of rotatable bonds is 6. The molecule has 1 amide bonds. The van der Waals surface area contributed by atoms with E-state index in [-0.39, 0.29) is 5.91 Å². The van der Waals surface area contributed by atoms with Crippen molar-refractivity contribution in [3.8, 4) is 0 Å². The molecule has 1 fully saturated rings. The molecule has 0 N–H and O–H groups in total. The van der Waals surface area contributed by atoms with Gasteiger partial charge in [-0.25, -0.2) is 4.98 Å². The molecule has 2 heterocycles. The summed E-state index contributed by atoms with van der Waals surface area (Å²) in [6.07, 6.45) is 1.16. The minimum absolute atomic E-state index is 0.119. The summed E-state index contributed by atoms with van der Waals surface area (Å²) in [6, 6.07) is 10.6. The number of hydrogen-bond acceptors (Lipinski definition) is 4. The van der Waals surface area contributed by atoms with E-state index in [0.29, 0.717) is 11.8 Å². The van der Waals surface area contributed by atoms with Gasteiger partial charge in [-0.05, 0) is 31.4 Å². The van der Waals surface area contributed by atoms with Crippen molar-refractivity contribution in [1.29, 1.82) is 0 Å². The molecule has 1 saturated heterocycles. The van der Waals surface area contributed by atoms with Gasteiger partial charge in [0.1, 0.15) is 4.88 Å². The van der Waals surface area contributed by atoms with E-state index in [0.717, 1.165) is 48.2 Å². The van der Waals surface area contributed by atoms with E-state index in [4.69, 9.17) is 0 Å². The molecular formula is C21H29N3OS. The van der Waals surface area contributed by atoms with Crippen LogP contribution < -0.4 is 0 Å². The Hall–Kier alpha value is -1.72. The molecule has 3 rings (SSSR count). The largest absolute Gasteiger partial charge is 0.341 e. The van der Waals surface area contributed by atoms with E-state index < -0.39 is 0 Å². The van der Waals surface area contributed by atoms with Crippen LogP contribution in [-0.2, 0) is 6.54 Å². The second-order valence-electron chi connectivity index (χ2n) is 7.68. The maximum Gasteiger partial charge on any atom is 0.265 e. The third-order valence-corrected chi connectivity index (χ3v) is 6.45. The highest BCUT2D eigenvalue weighted by Crippen LogP contribution is 2.26. The van der Waals surface area contributed by atoms with Crippen LogP contribution in [0.15, 0.2) is 30.3 Å². The third kappa shape index (κ3) is 4.51. The molecule has 1 aliphatic rings. The molecule has 1 atom stereocenters. The normalized spacial score (nSPS) is 17.8. The van der Waals surface area contributed by atoms with Crippen LogP contribution in [0.2, 0.25) is 0 Å². The van der Waals surface area contributed by atoms with Gasteiger partial charge in [0, 0.05) is 32.6 Å². The third-order valence-electron chi connectivity index (χ3n) is 5.00. The first kappa shape index (κ1) is 19.1. The van der Waals surface area contributed by atoms with Crippen LogP contribution in [-0.4, -0.2) is 47.4 Å². The SMILES string of the molecule is Cc1nc(C(C)C)sc1C(=O)N(C)C[C@@H]1CCN(Cc2ccccc2)C1. The van der Waals surface area contributed by atoms with Crippen LogP contribution in [0, 0.1) is 12.8 Å². The summed E-state index contributed by atoms with van der Waals surface area (Å²) in [5, 5.41) is 1.05. The van der Waals surface area contributed by atoms with Crippen molar-refractivity contribution >= 4 is 17.2 Å². The highest BCUT2D eigenvalue weighted by atomic mass is 32.1. The number of amides is 1. The number of aryl methyl sites for hydroxylation is 1. The topological polar surface area (TPSA) is 36.4 Å². The molecule has 4 nitrogen and oxygen atoms in total.